The molecule has 1 aliphatic rings. The first kappa shape index (κ1) is 14.4. The number of nitrogens with zero attached hydrogens (tertiary/aromatic N) is 1. The summed E-state index contributed by atoms with van der Waals surface area (Å²) in [6.07, 6.45) is -1.42. The lowest BCUT2D eigenvalue weighted by Crippen LogP contribution is -2.37. The highest BCUT2D eigenvalue weighted by atomic mass is 16.5. The molecule has 0 bridgehead atoms. The minimum atomic E-state index is -0.924. The number of aliphatic hydroxyl groups excluding tert-OH is 2. The van der Waals surface area contributed by atoms with Crippen LogP contribution in [0.5, 0.6) is 0 Å². The Morgan fingerprint density at radius 1 is 1.60 bits per heavy atom. The van der Waals surface area contributed by atoms with E-state index in [0.29, 0.717) is 0 Å². The maximum Gasteiger partial charge on any atom is 0.330 e. The molecule has 1 fully saturated rings. The van der Waals surface area contributed by atoms with Crippen molar-refractivity contribution in [3.8, 4) is 0 Å². The van der Waals surface area contributed by atoms with Gasteiger partial charge < -0.3 is 20.3 Å². The lowest BCUT2D eigenvalue weighted by atomic mass is 10.2. The molecule has 1 aromatic heterocycles. The highest BCUT2D eigenvalue weighted by Crippen LogP contribution is 2.27. The number of hydrogen-bond donors (Lipinski definition) is 4. The molecule has 0 aliphatic carbocycles. The molecule has 0 saturated carbocycles. The summed E-state index contributed by atoms with van der Waals surface area (Å²) in [6, 6.07) is 0. The maximum absolute atomic E-state index is 11.7. The highest BCUT2D eigenvalue weighted by Gasteiger charge is 2.35. The molecule has 9 heteroatoms. The van der Waals surface area contributed by atoms with E-state index in [0.717, 1.165) is 10.8 Å². The number of aromatic amines is 1. The Kier molecular flexibility index (Phi) is 4.02. The zero-order valence-corrected chi connectivity index (χ0v) is 10.7. The van der Waals surface area contributed by atoms with Gasteiger partial charge in [0.1, 0.15) is 17.9 Å². The summed E-state index contributed by atoms with van der Waals surface area (Å²) in [6.45, 7) is -0.391. The van der Waals surface area contributed by atoms with Crippen LogP contribution in [0, 0.1) is 0 Å². The Labute approximate surface area is 112 Å². The molecule has 110 valence electrons. The Morgan fingerprint density at radius 3 is 2.85 bits per heavy atom. The monoisotopic (exact) mass is 285 g/mol. The van der Waals surface area contributed by atoms with E-state index < -0.39 is 42.2 Å². The van der Waals surface area contributed by atoms with Crippen LogP contribution >= 0.6 is 0 Å². The predicted molar refractivity (Wildman–Crippen MR) is 66.3 cm³/mol. The van der Waals surface area contributed by atoms with Crippen LogP contribution in [0.2, 0.25) is 0 Å². The molecule has 0 aromatic carbocycles. The third kappa shape index (κ3) is 2.50. The number of aromatic nitrogens is 2. The van der Waals surface area contributed by atoms with E-state index >= 15 is 0 Å². The first-order chi connectivity index (χ1) is 9.47. The summed E-state index contributed by atoms with van der Waals surface area (Å²) in [5.74, 6) is -0.641. The Balaban J connectivity index is 2.40. The van der Waals surface area contributed by atoms with Crippen LogP contribution in [-0.4, -0.2) is 51.5 Å². The van der Waals surface area contributed by atoms with Gasteiger partial charge in [-0.3, -0.25) is 19.1 Å². The second-order valence-corrected chi connectivity index (χ2v) is 4.40. The Morgan fingerprint density at radius 2 is 2.30 bits per heavy atom. The molecular formula is C11H15N3O6. The number of ether oxygens (including phenoxy) is 1. The van der Waals surface area contributed by atoms with Gasteiger partial charge in [-0.25, -0.2) is 4.79 Å². The van der Waals surface area contributed by atoms with Crippen LogP contribution in [-0.2, 0) is 4.74 Å². The molecular weight excluding hydrogens is 270 g/mol. The molecule has 1 aromatic rings. The highest BCUT2D eigenvalue weighted by molar-refractivity contribution is 5.93. The SMILES string of the molecule is CNC(=O)c1cn([C@H]2C[C@@H](O)[C@@H](CO)O2)c(=O)[nH]c1=O. The number of carbonyl (C=O) groups excluding carboxylic acids is 1. The molecule has 9 nitrogen and oxygen atoms in total. The zero-order valence-electron chi connectivity index (χ0n) is 10.7. The fourth-order valence-electron chi connectivity index (χ4n) is 2.05. The third-order valence-electron chi connectivity index (χ3n) is 3.13. The first-order valence-corrected chi connectivity index (χ1v) is 5.99. The van der Waals surface area contributed by atoms with Crippen molar-refractivity contribution in [3.63, 3.8) is 0 Å². The largest absolute Gasteiger partial charge is 0.394 e. The van der Waals surface area contributed by atoms with Crippen molar-refractivity contribution in [2.45, 2.75) is 24.9 Å². The van der Waals surface area contributed by atoms with Gasteiger partial charge in [0.15, 0.2) is 0 Å². The van der Waals surface area contributed by atoms with Crippen LogP contribution in [0.15, 0.2) is 15.8 Å². The lowest BCUT2D eigenvalue weighted by Gasteiger charge is -2.14. The van der Waals surface area contributed by atoms with Gasteiger partial charge >= 0.3 is 5.69 Å². The first-order valence-electron chi connectivity index (χ1n) is 5.99. The second-order valence-electron chi connectivity index (χ2n) is 4.40. The minimum absolute atomic E-state index is 0.0738. The van der Waals surface area contributed by atoms with Gasteiger partial charge in [0, 0.05) is 19.7 Å². The van der Waals surface area contributed by atoms with Gasteiger partial charge in [0.05, 0.1) is 12.7 Å². The fourth-order valence-corrected chi connectivity index (χ4v) is 2.05. The average Bonchev–Trinajstić information content (AvgIpc) is 2.79. The van der Waals surface area contributed by atoms with Crippen LogP contribution in [0.1, 0.15) is 23.0 Å². The number of carbonyl (C=O) groups is 1. The lowest BCUT2D eigenvalue weighted by molar-refractivity contribution is -0.0459. The third-order valence-corrected chi connectivity index (χ3v) is 3.13. The van der Waals surface area contributed by atoms with Crippen molar-refractivity contribution >= 4 is 5.91 Å². The molecule has 0 unspecified atom stereocenters. The molecule has 4 N–H and O–H groups in total. The van der Waals surface area contributed by atoms with E-state index in [1.165, 1.54) is 7.05 Å². The van der Waals surface area contributed by atoms with E-state index in [4.69, 9.17) is 9.84 Å². The molecule has 1 saturated heterocycles. The summed E-state index contributed by atoms with van der Waals surface area (Å²) in [4.78, 5) is 36.8. The minimum Gasteiger partial charge on any atom is -0.394 e. The van der Waals surface area contributed by atoms with Gasteiger partial charge in [0.2, 0.25) is 0 Å². The smallest absolute Gasteiger partial charge is 0.330 e. The van der Waals surface area contributed by atoms with Crippen molar-refractivity contribution in [1.82, 2.24) is 14.9 Å². The van der Waals surface area contributed by atoms with Crippen LogP contribution < -0.4 is 16.6 Å². The normalized spacial score (nSPS) is 25.6. The Hall–Kier alpha value is -1.97. The summed E-state index contributed by atoms with van der Waals surface area (Å²) in [5, 5.41) is 20.9. The number of aliphatic hydroxyl groups is 2. The van der Waals surface area contributed by atoms with E-state index in [1.54, 1.807) is 0 Å². The molecule has 2 heterocycles. The van der Waals surface area contributed by atoms with Crippen molar-refractivity contribution in [1.29, 1.82) is 0 Å². The molecule has 20 heavy (non-hydrogen) atoms. The van der Waals surface area contributed by atoms with Gasteiger partial charge in [-0.15, -0.1) is 0 Å². The summed E-state index contributed by atoms with van der Waals surface area (Å²) >= 11 is 0. The standard InChI is InChI=1S/C11H15N3O6/c1-12-9(17)5-3-14(11(19)13-10(5)18)8-2-6(16)7(4-15)20-8/h3,6-8,15-16H,2,4H2,1H3,(H,12,17)(H,13,18,19)/t6-,7-,8-/m1/s1. The van der Waals surface area contributed by atoms with Gasteiger partial charge in [-0.1, -0.05) is 0 Å². The molecule has 0 spiro atoms. The average molecular weight is 285 g/mol. The topological polar surface area (TPSA) is 134 Å². The summed E-state index contributed by atoms with van der Waals surface area (Å²) < 4.78 is 6.33. The second kappa shape index (κ2) is 5.57. The van der Waals surface area contributed by atoms with Gasteiger partial charge in [-0.2, -0.15) is 0 Å². The van der Waals surface area contributed by atoms with Crippen molar-refractivity contribution < 1.29 is 19.7 Å². The number of nitrogens with one attached hydrogen (secondary N) is 2. The molecule has 0 radical (unpaired) electrons. The van der Waals surface area contributed by atoms with E-state index in [9.17, 15) is 19.5 Å². The predicted octanol–water partition coefficient (Wildman–Crippen LogP) is -2.46. The quantitative estimate of drug-likeness (QED) is 0.486. The van der Waals surface area contributed by atoms with Crippen LogP contribution in [0.4, 0.5) is 0 Å². The maximum atomic E-state index is 11.7. The molecule has 2 rings (SSSR count). The van der Waals surface area contributed by atoms with Crippen molar-refractivity contribution in [3.05, 3.63) is 32.6 Å². The fraction of sp³-hybridized carbons (Fsp3) is 0.545. The van der Waals surface area contributed by atoms with E-state index in [-0.39, 0.29) is 12.0 Å². The summed E-state index contributed by atoms with van der Waals surface area (Å²) in [5.41, 5.74) is -1.79. The van der Waals surface area contributed by atoms with Gasteiger partial charge in [0.25, 0.3) is 11.5 Å². The number of hydrogen-bond acceptors (Lipinski definition) is 6. The van der Waals surface area contributed by atoms with Crippen molar-refractivity contribution in [2.24, 2.45) is 0 Å². The number of amides is 1. The van der Waals surface area contributed by atoms with Gasteiger partial charge in [-0.05, 0) is 0 Å². The van der Waals surface area contributed by atoms with Crippen LogP contribution in [0.25, 0.3) is 0 Å². The number of H-pyrrole nitrogens is 1. The van der Waals surface area contributed by atoms with E-state index in [1.807, 2.05) is 4.98 Å². The van der Waals surface area contributed by atoms with E-state index in [2.05, 4.69) is 5.32 Å². The Bertz CT molecular complexity index is 621. The molecule has 1 amide bonds. The summed E-state index contributed by atoms with van der Waals surface area (Å²) in [7, 11) is 1.36. The number of rotatable bonds is 3. The van der Waals surface area contributed by atoms with Crippen LogP contribution in [0.3, 0.4) is 0 Å². The molecule has 3 atom stereocenters. The zero-order chi connectivity index (χ0) is 14.9. The molecule has 1 aliphatic heterocycles. The van der Waals surface area contributed by atoms with Crippen molar-refractivity contribution in [2.75, 3.05) is 13.7 Å².